The summed E-state index contributed by atoms with van der Waals surface area (Å²) in [5.41, 5.74) is -1.20. The highest BCUT2D eigenvalue weighted by atomic mass is 19.4. The van der Waals surface area contributed by atoms with Gasteiger partial charge in [-0.3, -0.25) is 4.98 Å². The van der Waals surface area contributed by atoms with Crippen molar-refractivity contribution in [3.63, 3.8) is 0 Å². The van der Waals surface area contributed by atoms with Crippen LogP contribution in [-0.4, -0.2) is 45.8 Å². The zero-order chi connectivity index (χ0) is 22.8. The maximum absolute atomic E-state index is 15.6. The molecule has 6 nitrogen and oxygen atoms in total. The lowest BCUT2D eigenvalue weighted by atomic mass is 9.87. The highest BCUT2D eigenvalue weighted by Gasteiger charge is 2.40. The molecule has 1 aromatic heterocycles. The molecule has 2 heterocycles. The fraction of sp³-hybridized carbons (Fsp3) is 0.429. The van der Waals surface area contributed by atoms with E-state index in [0.717, 1.165) is 12.1 Å². The van der Waals surface area contributed by atoms with Crippen molar-refractivity contribution in [1.29, 1.82) is 0 Å². The molecule has 1 saturated heterocycles. The summed E-state index contributed by atoms with van der Waals surface area (Å²) in [6.45, 7) is 1.40. The van der Waals surface area contributed by atoms with E-state index in [9.17, 15) is 23.1 Å². The molecule has 0 unspecified atom stereocenters. The second-order valence-corrected chi connectivity index (χ2v) is 7.59. The number of carbonyl (C=O) groups is 1. The first-order chi connectivity index (χ1) is 14.5. The molecule has 1 atom stereocenters. The van der Waals surface area contributed by atoms with Crippen LogP contribution in [0.3, 0.4) is 0 Å². The molecule has 0 aliphatic carbocycles. The number of aliphatic hydroxyl groups is 2. The molecule has 0 bridgehead atoms. The number of urea groups is 1. The maximum Gasteiger partial charge on any atom is 0.416 e. The molecule has 168 valence electrons. The first kappa shape index (κ1) is 23.0. The first-order valence-electron chi connectivity index (χ1n) is 9.71. The van der Waals surface area contributed by atoms with Crippen molar-refractivity contribution in [2.75, 3.05) is 25.0 Å². The topological polar surface area (TPSA) is 85.7 Å². The van der Waals surface area contributed by atoms with Gasteiger partial charge in [0.2, 0.25) is 0 Å². The Kier molecular flexibility index (Phi) is 6.51. The minimum atomic E-state index is -4.46. The maximum atomic E-state index is 15.6. The van der Waals surface area contributed by atoms with Crippen molar-refractivity contribution in [1.82, 2.24) is 9.88 Å². The van der Waals surface area contributed by atoms with Gasteiger partial charge in [0.15, 0.2) is 5.67 Å². The Labute approximate surface area is 176 Å². The van der Waals surface area contributed by atoms with Gasteiger partial charge in [0.05, 0.1) is 17.9 Å². The van der Waals surface area contributed by atoms with Crippen LogP contribution in [0.2, 0.25) is 0 Å². The average molecular weight is 441 g/mol. The average Bonchev–Trinajstić information content (AvgIpc) is 2.73. The quantitative estimate of drug-likeness (QED) is 0.628. The number of halogens is 4. The molecule has 1 fully saturated rings. The molecule has 0 saturated carbocycles. The summed E-state index contributed by atoms with van der Waals surface area (Å²) >= 11 is 0. The second-order valence-electron chi connectivity index (χ2n) is 7.59. The van der Waals surface area contributed by atoms with E-state index in [0.29, 0.717) is 11.1 Å². The van der Waals surface area contributed by atoms with Gasteiger partial charge in [-0.05, 0) is 42.8 Å². The van der Waals surface area contributed by atoms with Crippen LogP contribution in [0.15, 0.2) is 36.5 Å². The zero-order valence-electron chi connectivity index (χ0n) is 16.8. The SMILES string of the molecule is Cc1cc([C@H](O)CO)cnc1C1(F)CCN(C(=O)Nc2ccc(C(F)(F)F)cc2)CC1. The largest absolute Gasteiger partial charge is 0.416 e. The predicted octanol–water partition coefficient (Wildman–Crippen LogP) is 3.93. The number of nitrogens with zero attached hydrogens (tertiary/aromatic N) is 2. The Hall–Kier alpha value is -2.72. The third-order valence-electron chi connectivity index (χ3n) is 5.39. The van der Waals surface area contributed by atoms with E-state index in [1.54, 1.807) is 13.0 Å². The number of anilines is 1. The van der Waals surface area contributed by atoms with Gasteiger partial charge < -0.3 is 20.4 Å². The van der Waals surface area contributed by atoms with E-state index >= 15 is 4.39 Å². The number of benzene rings is 1. The summed E-state index contributed by atoms with van der Waals surface area (Å²) in [7, 11) is 0. The number of amides is 2. The monoisotopic (exact) mass is 441 g/mol. The third kappa shape index (κ3) is 5.13. The molecule has 1 aliphatic rings. The summed E-state index contributed by atoms with van der Waals surface area (Å²) < 4.78 is 53.5. The minimum absolute atomic E-state index is 0.00315. The number of aromatic nitrogens is 1. The van der Waals surface area contributed by atoms with E-state index in [1.807, 2.05) is 0 Å². The van der Waals surface area contributed by atoms with E-state index < -0.39 is 36.2 Å². The van der Waals surface area contributed by atoms with Crippen molar-refractivity contribution in [3.8, 4) is 0 Å². The number of nitrogens with one attached hydrogen (secondary N) is 1. The fourth-order valence-corrected chi connectivity index (χ4v) is 3.60. The molecular weight excluding hydrogens is 418 g/mol. The number of aliphatic hydroxyl groups excluding tert-OH is 2. The number of likely N-dealkylation sites (tertiary alicyclic amines) is 1. The fourth-order valence-electron chi connectivity index (χ4n) is 3.60. The van der Waals surface area contributed by atoms with Crippen molar-refractivity contribution in [3.05, 3.63) is 58.9 Å². The van der Waals surface area contributed by atoms with Gasteiger partial charge in [-0.15, -0.1) is 0 Å². The van der Waals surface area contributed by atoms with Gasteiger partial charge in [0.1, 0.15) is 6.10 Å². The van der Waals surface area contributed by atoms with Crippen molar-refractivity contribution < 1.29 is 32.6 Å². The van der Waals surface area contributed by atoms with E-state index in [1.165, 1.54) is 23.2 Å². The lowest BCUT2D eigenvalue weighted by Crippen LogP contribution is -2.45. The summed E-state index contributed by atoms with van der Waals surface area (Å²) in [6, 6.07) is 5.15. The number of alkyl halides is 4. The standard InChI is InChI=1S/C21H23F4N3O3/c1-13-10-14(17(30)12-29)11-26-18(13)20(22)6-8-28(9-7-20)19(31)27-16-4-2-15(3-5-16)21(23,24)25/h2-5,10-11,17,29-30H,6-9,12H2,1H3,(H,27,31)/t17-/m1/s1. The van der Waals surface area contributed by atoms with E-state index in [2.05, 4.69) is 10.3 Å². The van der Waals surface area contributed by atoms with Gasteiger partial charge in [-0.2, -0.15) is 13.2 Å². The van der Waals surface area contributed by atoms with Crippen LogP contribution in [0.25, 0.3) is 0 Å². The Bertz CT molecular complexity index is 926. The smallest absolute Gasteiger partial charge is 0.393 e. The molecule has 2 amide bonds. The Morgan fingerprint density at radius 3 is 2.39 bits per heavy atom. The Morgan fingerprint density at radius 1 is 1.26 bits per heavy atom. The number of piperidine rings is 1. The molecule has 3 N–H and O–H groups in total. The summed E-state index contributed by atoms with van der Waals surface area (Å²) in [5.74, 6) is 0. The normalized spacial score (nSPS) is 17.3. The number of pyridine rings is 1. The van der Waals surface area contributed by atoms with Crippen LogP contribution in [0.1, 0.15) is 41.3 Å². The molecule has 0 spiro atoms. The van der Waals surface area contributed by atoms with E-state index in [4.69, 9.17) is 5.11 Å². The van der Waals surface area contributed by atoms with Gasteiger partial charge >= 0.3 is 12.2 Å². The minimum Gasteiger partial charge on any atom is -0.393 e. The molecule has 31 heavy (non-hydrogen) atoms. The predicted molar refractivity (Wildman–Crippen MR) is 105 cm³/mol. The Balaban J connectivity index is 1.62. The lowest BCUT2D eigenvalue weighted by Gasteiger charge is -2.36. The van der Waals surface area contributed by atoms with Crippen LogP contribution in [0.4, 0.5) is 28.0 Å². The van der Waals surface area contributed by atoms with Crippen LogP contribution >= 0.6 is 0 Å². The van der Waals surface area contributed by atoms with Crippen LogP contribution in [0.5, 0.6) is 0 Å². The highest BCUT2D eigenvalue weighted by molar-refractivity contribution is 5.89. The van der Waals surface area contributed by atoms with Crippen LogP contribution < -0.4 is 5.32 Å². The number of carbonyl (C=O) groups excluding carboxylic acids is 1. The summed E-state index contributed by atoms with van der Waals surface area (Å²) in [4.78, 5) is 18.0. The molecule has 2 aromatic rings. The Morgan fingerprint density at radius 2 is 1.87 bits per heavy atom. The molecule has 1 aliphatic heterocycles. The van der Waals surface area contributed by atoms with Crippen molar-refractivity contribution in [2.45, 2.75) is 37.7 Å². The number of hydrogen-bond donors (Lipinski definition) is 3. The number of hydrogen-bond acceptors (Lipinski definition) is 4. The number of aryl methyl sites for hydroxylation is 1. The molecule has 0 radical (unpaired) electrons. The summed E-state index contributed by atoms with van der Waals surface area (Å²) in [5, 5.41) is 21.3. The van der Waals surface area contributed by atoms with Crippen LogP contribution in [0, 0.1) is 6.92 Å². The second kappa shape index (κ2) is 8.80. The van der Waals surface area contributed by atoms with Crippen LogP contribution in [-0.2, 0) is 11.8 Å². The first-order valence-corrected chi connectivity index (χ1v) is 9.71. The van der Waals surface area contributed by atoms with Crippen molar-refractivity contribution >= 4 is 11.7 Å². The zero-order valence-corrected chi connectivity index (χ0v) is 16.8. The van der Waals surface area contributed by atoms with Gasteiger partial charge in [-0.1, -0.05) is 0 Å². The lowest BCUT2D eigenvalue weighted by molar-refractivity contribution is -0.137. The van der Waals surface area contributed by atoms with Crippen molar-refractivity contribution in [2.24, 2.45) is 0 Å². The molecule has 3 rings (SSSR count). The molecule has 1 aromatic carbocycles. The highest BCUT2D eigenvalue weighted by Crippen LogP contribution is 2.38. The third-order valence-corrected chi connectivity index (χ3v) is 5.39. The molecule has 10 heteroatoms. The van der Waals surface area contributed by atoms with Gasteiger partial charge in [-0.25, -0.2) is 9.18 Å². The van der Waals surface area contributed by atoms with Gasteiger partial charge in [0.25, 0.3) is 0 Å². The number of rotatable bonds is 4. The van der Waals surface area contributed by atoms with Gasteiger partial charge in [0, 0.05) is 43.4 Å². The van der Waals surface area contributed by atoms with E-state index in [-0.39, 0.29) is 37.3 Å². The molecular formula is C21H23F4N3O3. The summed E-state index contributed by atoms with van der Waals surface area (Å²) in [6.07, 6.45) is -4.22.